The summed E-state index contributed by atoms with van der Waals surface area (Å²) in [6.07, 6.45) is 0. The second-order valence-corrected chi connectivity index (χ2v) is 6.72. The van der Waals surface area contributed by atoms with E-state index in [2.05, 4.69) is 10.3 Å². The number of pyridine rings is 1. The first-order valence-corrected chi connectivity index (χ1v) is 8.98. The third kappa shape index (κ3) is 3.81. The maximum absolute atomic E-state index is 12.2. The monoisotopic (exact) mass is 489 g/mol. The van der Waals surface area contributed by atoms with Crippen molar-refractivity contribution in [3.63, 3.8) is 0 Å². The van der Waals surface area contributed by atoms with E-state index in [0.717, 1.165) is 0 Å². The molecule has 3 aromatic rings. The number of aromatic hydroxyl groups is 1. The molecule has 0 spiro atoms. The Bertz CT molecular complexity index is 1130. The lowest BCUT2D eigenvalue weighted by atomic mass is 10.1. The molecule has 2 aromatic carbocycles. The van der Waals surface area contributed by atoms with E-state index in [9.17, 15) is 20.0 Å². The number of ether oxygens (including phenoxy) is 1. The number of carbonyl (C=O) groups is 2. The van der Waals surface area contributed by atoms with Crippen LogP contribution < -0.4 is 10.1 Å². The van der Waals surface area contributed by atoms with Crippen molar-refractivity contribution >= 4 is 45.2 Å². The molecule has 1 heterocycles. The average molecular weight is 489 g/mol. The van der Waals surface area contributed by atoms with Crippen molar-refractivity contribution in [2.75, 3.05) is 6.54 Å². The fourth-order valence-corrected chi connectivity index (χ4v) is 3.25. The number of aromatic nitrogens is 1. The molecule has 0 unspecified atom stereocenters. The molecule has 3 rings (SSSR count). The van der Waals surface area contributed by atoms with Gasteiger partial charge >= 0.3 is 5.97 Å². The number of rotatable bonds is 5. The van der Waals surface area contributed by atoms with E-state index < -0.39 is 29.9 Å². The SMILES string of the molecule is N#Cc1nc(C(=O)NCC(=O)O)c(O)c2c(I)ccc(Oc3ccccc3)c12. The third-order valence-electron chi connectivity index (χ3n) is 3.73. The van der Waals surface area contributed by atoms with E-state index in [4.69, 9.17) is 9.84 Å². The van der Waals surface area contributed by atoms with E-state index in [0.29, 0.717) is 15.1 Å². The van der Waals surface area contributed by atoms with Crippen LogP contribution in [-0.4, -0.2) is 33.6 Å². The van der Waals surface area contributed by atoms with Crippen molar-refractivity contribution in [3.8, 4) is 23.3 Å². The van der Waals surface area contributed by atoms with Crippen LogP contribution in [0.1, 0.15) is 16.2 Å². The molecule has 0 atom stereocenters. The number of benzene rings is 2. The largest absolute Gasteiger partial charge is 0.505 e. The molecule has 9 heteroatoms. The zero-order valence-electron chi connectivity index (χ0n) is 14.1. The first kappa shape index (κ1) is 19.4. The molecule has 1 amide bonds. The van der Waals surface area contributed by atoms with Crippen molar-refractivity contribution in [1.29, 1.82) is 5.26 Å². The normalized spacial score (nSPS) is 10.3. The summed E-state index contributed by atoms with van der Waals surface area (Å²) in [4.78, 5) is 26.8. The number of amides is 1. The van der Waals surface area contributed by atoms with Crippen LogP contribution in [0.4, 0.5) is 0 Å². The Labute approximate surface area is 172 Å². The lowest BCUT2D eigenvalue weighted by Gasteiger charge is -2.14. The van der Waals surface area contributed by atoms with Crippen LogP contribution in [0, 0.1) is 14.9 Å². The number of halogens is 1. The van der Waals surface area contributed by atoms with Gasteiger partial charge in [0.2, 0.25) is 0 Å². The van der Waals surface area contributed by atoms with Gasteiger partial charge in [0, 0.05) is 8.96 Å². The number of carboxylic acids is 1. The Morgan fingerprint density at radius 3 is 2.54 bits per heavy atom. The van der Waals surface area contributed by atoms with Gasteiger partial charge in [-0.25, -0.2) is 4.98 Å². The van der Waals surface area contributed by atoms with Crippen LogP contribution in [-0.2, 0) is 4.79 Å². The van der Waals surface area contributed by atoms with Crippen molar-refractivity contribution in [2.24, 2.45) is 0 Å². The Hall–Kier alpha value is -3.39. The molecule has 0 fully saturated rings. The maximum atomic E-state index is 12.2. The first-order valence-electron chi connectivity index (χ1n) is 7.90. The first-order chi connectivity index (χ1) is 13.4. The Morgan fingerprint density at radius 2 is 1.89 bits per heavy atom. The van der Waals surface area contributed by atoms with Crippen molar-refractivity contribution < 1.29 is 24.5 Å². The van der Waals surface area contributed by atoms with Gasteiger partial charge in [0.15, 0.2) is 17.1 Å². The standard InChI is InChI=1S/C19H12IN3O5/c20-11-6-7-13(28-10-4-2-1-3-5-10)16-12(8-21)23-17(18(26)15(11)16)19(27)22-9-14(24)25/h1-7,26H,9H2,(H,22,27)(H,24,25). The number of carbonyl (C=O) groups excluding carboxylic acids is 1. The smallest absolute Gasteiger partial charge is 0.322 e. The zero-order chi connectivity index (χ0) is 20.3. The summed E-state index contributed by atoms with van der Waals surface area (Å²) in [6, 6.07) is 14.1. The van der Waals surface area contributed by atoms with Gasteiger partial charge in [-0.05, 0) is 46.9 Å². The summed E-state index contributed by atoms with van der Waals surface area (Å²) < 4.78 is 6.41. The second kappa shape index (κ2) is 8.10. The van der Waals surface area contributed by atoms with Crippen LogP contribution in [0.25, 0.3) is 10.8 Å². The van der Waals surface area contributed by atoms with Crippen LogP contribution in [0.2, 0.25) is 0 Å². The minimum Gasteiger partial charge on any atom is -0.505 e. The number of nitrogens with zero attached hydrogens (tertiary/aromatic N) is 2. The molecule has 3 N–H and O–H groups in total. The highest BCUT2D eigenvalue weighted by Crippen LogP contribution is 2.40. The summed E-state index contributed by atoms with van der Waals surface area (Å²) >= 11 is 1.96. The van der Waals surface area contributed by atoms with Gasteiger partial charge in [0.05, 0.1) is 5.39 Å². The van der Waals surface area contributed by atoms with Gasteiger partial charge in [0.1, 0.15) is 24.1 Å². The van der Waals surface area contributed by atoms with Crippen molar-refractivity contribution in [3.05, 3.63) is 57.4 Å². The van der Waals surface area contributed by atoms with Crippen LogP contribution in [0.15, 0.2) is 42.5 Å². The lowest BCUT2D eigenvalue weighted by molar-refractivity contribution is -0.135. The average Bonchev–Trinajstić information content (AvgIpc) is 2.69. The zero-order valence-corrected chi connectivity index (χ0v) is 16.3. The Kier molecular flexibility index (Phi) is 5.60. The molecule has 0 aliphatic carbocycles. The molecule has 0 aliphatic rings. The maximum Gasteiger partial charge on any atom is 0.322 e. The summed E-state index contributed by atoms with van der Waals surface area (Å²) in [6.45, 7) is -0.645. The summed E-state index contributed by atoms with van der Waals surface area (Å²) in [5.41, 5.74) is -0.558. The lowest BCUT2D eigenvalue weighted by Crippen LogP contribution is -2.30. The van der Waals surface area contributed by atoms with E-state index in [1.165, 1.54) is 0 Å². The van der Waals surface area contributed by atoms with E-state index in [-0.39, 0.29) is 16.5 Å². The Morgan fingerprint density at radius 1 is 1.18 bits per heavy atom. The predicted octanol–water partition coefficient (Wildman–Crippen LogP) is 3.02. The summed E-state index contributed by atoms with van der Waals surface area (Å²) in [5, 5.41) is 31.5. The number of hydrogen-bond acceptors (Lipinski definition) is 6. The fourth-order valence-electron chi connectivity index (χ4n) is 2.54. The van der Waals surface area contributed by atoms with Gasteiger partial charge in [0.25, 0.3) is 5.91 Å². The molecule has 1 aromatic heterocycles. The fraction of sp³-hybridized carbons (Fsp3) is 0.0526. The number of fused-ring (bicyclic) bond motifs is 1. The highest BCUT2D eigenvalue weighted by atomic mass is 127. The van der Waals surface area contributed by atoms with Gasteiger partial charge in [-0.2, -0.15) is 5.26 Å². The second-order valence-electron chi connectivity index (χ2n) is 5.56. The number of nitrogens with one attached hydrogen (secondary N) is 1. The van der Waals surface area contributed by atoms with E-state index in [1.807, 2.05) is 34.7 Å². The summed E-state index contributed by atoms with van der Waals surface area (Å²) in [7, 11) is 0. The van der Waals surface area contributed by atoms with Gasteiger partial charge in [-0.1, -0.05) is 18.2 Å². The Balaban J connectivity index is 2.19. The number of para-hydroxylation sites is 1. The third-order valence-corrected chi connectivity index (χ3v) is 4.63. The topological polar surface area (TPSA) is 133 Å². The van der Waals surface area contributed by atoms with Crippen LogP contribution in [0.5, 0.6) is 17.2 Å². The number of nitriles is 1. The highest BCUT2D eigenvalue weighted by Gasteiger charge is 2.23. The molecular weight excluding hydrogens is 477 g/mol. The van der Waals surface area contributed by atoms with Gasteiger partial charge < -0.3 is 20.3 Å². The highest BCUT2D eigenvalue weighted by molar-refractivity contribution is 14.1. The molecule has 0 bridgehead atoms. The van der Waals surface area contributed by atoms with E-state index >= 15 is 0 Å². The van der Waals surface area contributed by atoms with Gasteiger partial charge in [-0.15, -0.1) is 0 Å². The molecule has 8 nitrogen and oxygen atoms in total. The quantitative estimate of drug-likeness (QED) is 0.470. The minimum absolute atomic E-state index is 0.127. The molecule has 0 saturated carbocycles. The minimum atomic E-state index is -1.25. The van der Waals surface area contributed by atoms with Crippen molar-refractivity contribution in [1.82, 2.24) is 10.3 Å². The predicted molar refractivity (Wildman–Crippen MR) is 107 cm³/mol. The molecule has 28 heavy (non-hydrogen) atoms. The van der Waals surface area contributed by atoms with Gasteiger partial charge in [-0.3, -0.25) is 9.59 Å². The number of hydrogen-bond donors (Lipinski definition) is 3. The van der Waals surface area contributed by atoms with Crippen molar-refractivity contribution in [2.45, 2.75) is 0 Å². The molecular formula is C19H12IN3O5. The molecule has 0 radical (unpaired) electrons. The summed E-state index contributed by atoms with van der Waals surface area (Å²) in [5.74, 6) is -1.79. The molecule has 0 aliphatic heterocycles. The van der Waals surface area contributed by atoms with E-state index in [1.54, 1.807) is 36.4 Å². The molecule has 140 valence electrons. The number of carboxylic acid groups (broad SMARTS) is 1. The number of aliphatic carboxylic acids is 1. The molecule has 0 saturated heterocycles. The van der Waals surface area contributed by atoms with Crippen LogP contribution >= 0.6 is 22.6 Å². The van der Waals surface area contributed by atoms with Crippen LogP contribution in [0.3, 0.4) is 0 Å².